The van der Waals surface area contributed by atoms with E-state index in [-0.39, 0.29) is 12.2 Å². The van der Waals surface area contributed by atoms with E-state index < -0.39 is 0 Å². The first kappa shape index (κ1) is 8.84. The van der Waals surface area contributed by atoms with E-state index in [1.807, 2.05) is 12.2 Å². The molecule has 3 rings (SSSR count). The number of hydrogen-bond donors (Lipinski definition) is 0. The van der Waals surface area contributed by atoms with Crippen LogP contribution in [0, 0.1) is 11.8 Å². The lowest BCUT2D eigenvalue weighted by molar-refractivity contribution is 0.121. The van der Waals surface area contributed by atoms with E-state index in [1.54, 1.807) is 12.5 Å². The lowest BCUT2D eigenvalue weighted by Crippen LogP contribution is -2.18. The number of ether oxygens (including phenoxy) is 2. The molecular formula is C13H14O2. The molecule has 0 bridgehead atoms. The number of allylic oxidation sites excluding steroid dienone is 4. The highest BCUT2D eigenvalue weighted by atomic mass is 16.5. The van der Waals surface area contributed by atoms with Gasteiger partial charge in [0.2, 0.25) is 0 Å². The molecule has 1 aliphatic carbocycles. The third-order valence-electron chi connectivity index (χ3n) is 3.19. The van der Waals surface area contributed by atoms with Gasteiger partial charge < -0.3 is 9.47 Å². The summed E-state index contributed by atoms with van der Waals surface area (Å²) in [5.74, 6) is 1.24. The van der Waals surface area contributed by atoms with Crippen molar-refractivity contribution in [3.8, 4) is 0 Å². The molecule has 0 amide bonds. The lowest BCUT2D eigenvalue weighted by Gasteiger charge is -2.18. The molecule has 4 unspecified atom stereocenters. The van der Waals surface area contributed by atoms with Crippen LogP contribution in [0.2, 0.25) is 0 Å². The van der Waals surface area contributed by atoms with E-state index in [1.165, 1.54) is 6.42 Å². The molecule has 2 heterocycles. The molecule has 2 heteroatoms. The van der Waals surface area contributed by atoms with Crippen LogP contribution in [-0.4, -0.2) is 12.2 Å². The van der Waals surface area contributed by atoms with Crippen LogP contribution in [0.4, 0.5) is 0 Å². The van der Waals surface area contributed by atoms with E-state index in [9.17, 15) is 0 Å². The second-order valence-electron chi connectivity index (χ2n) is 4.19. The minimum atomic E-state index is 0.253. The van der Waals surface area contributed by atoms with Crippen LogP contribution in [0.3, 0.4) is 0 Å². The SMILES string of the molecule is C1=COC(C2CC2C2C=CC=CO2)C=C1. The van der Waals surface area contributed by atoms with E-state index in [2.05, 4.69) is 24.3 Å². The van der Waals surface area contributed by atoms with Gasteiger partial charge in [0.15, 0.2) is 0 Å². The summed E-state index contributed by atoms with van der Waals surface area (Å²) < 4.78 is 11.1. The summed E-state index contributed by atoms with van der Waals surface area (Å²) in [6.07, 6.45) is 17.5. The lowest BCUT2D eigenvalue weighted by atomic mass is 10.1. The molecule has 0 saturated heterocycles. The Labute approximate surface area is 89.6 Å². The van der Waals surface area contributed by atoms with Gasteiger partial charge in [-0.05, 0) is 30.7 Å². The third kappa shape index (κ3) is 1.72. The highest BCUT2D eigenvalue weighted by Gasteiger charge is 2.48. The minimum Gasteiger partial charge on any atom is -0.494 e. The Balaban J connectivity index is 1.59. The van der Waals surface area contributed by atoms with Gasteiger partial charge in [0.1, 0.15) is 12.2 Å². The zero-order valence-electron chi connectivity index (χ0n) is 8.45. The highest BCUT2D eigenvalue weighted by Crippen LogP contribution is 2.47. The average Bonchev–Trinajstić information content (AvgIpc) is 3.11. The summed E-state index contributed by atoms with van der Waals surface area (Å²) in [4.78, 5) is 0. The van der Waals surface area contributed by atoms with E-state index in [4.69, 9.17) is 9.47 Å². The second-order valence-corrected chi connectivity index (χ2v) is 4.19. The summed E-state index contributed by atoms with van der Waals surface area (Å²) in [7, 11) is 0. The Morgan fingerprint density at radius 1 is 0.733 bits per heavy atom. The van der Waals surface area contributed by atoms with Crippen LogP contribution in [0.1, 0.15) is 6.42 Å². The quantitative estimate of drug-likeness (QED) is 0.685. The first-order valence-corrected chi connectivity index (χ1v) is 5.43. The summed E-state index contributed by atoms with van der Waals surface area (Å²) in [5, 5.41) is 0. The zero-order valence-corrected chi connectivity index (χ0v) is 8.45. The average molecular weight is 202 g/mol. The van der Waals surface area contributed by atoms with Crippen molar-refractivity contribution in [3.05, 3.63) is 49.0 Å². The summed E-state index contributed by atoms with van der Waals surface area (Å²) in [6, 6.07) is 0. The van der Waals surface area contributed by atoms with Crippen LogP contribution in [0.25, 0.3) is 0 Å². The Morgan fingerprint density at radius 3 is 1.67 bits per heavy atom. The molecule has 78 valence electrons. The zero-order chi connectivity index (χ0) is 10.1. The molecule has 0 N–H and O–H groups in total. The maximum Gasteiger partial charge on any atom is 0.119 e. The van der Waals surface area contributed by atoms with Gasteiger partial charge in [-0.3, -0.25) is 0 Å². The van der Waals surface area contributed by atoms with Crippen molar-refractivity contribution >= 4 is 0 Å². The molecule has 0 radical (unpaired) electrons. The Kier molecular flexibility index (Phi) is 2.13. The van der Waals surface area contributed by atoms with Gasteiger partial charge in [-0.1, -0.05) is 12.2 Å². The molecular weight excluding hydrogens is 188 g/mol. The summed E-state index contributed by atoms with van der Waals surface area (Å²) in [6.45, 7) is 0. The van der Waals surface area contributed by atoms with Crippen LogP contribution in [-0.2, 0) is 9.47 Å². The molecule has 0 aromatic rings. The fourth-order valence-electron chi connectivity index (χ4n) is 2.28. The molecule has 0 aromatic heterocycles. The first-order valence-electron chi connectivity index (χ1n) is 5.43. The van der Waals surface area contributed by atoms with Crippen molar-refractivity contribution < 1.29 is 9.47 Å². The summed E-state index contributed by atoms with van der Waals surface area (Å²) >= 11 is 0. The van der Waals surface area contributed by atoms with Crippen molar-refractivity contribution in [3.63, 3.8) is 0 Å². The van der Waals surface area contributed by atoms with Crippen LogP contribution in [0.5, 0.6) is 0 Å². The highest BCUT2D eigenvalue weighted by molar-refractivity contribution is 5.17. The molecule has 3 aliphatic rings. The predicted octanol–water partition coefficient (Wildman–Crippen LogP) is 2.56. The van der Waals surface area contributed by atoms with Gasteiger partial charge in [-0.2, -0.15) is 0 Å². The minimum absolute atomic E-state index is 0.253. The van der Waals surface area contributed by atoms with Gasteiger partial charge in [0, 0.05) is 11.8 Å². The summed E-state index contributed by atoms with van der Waals surface area (Å²) in [5.41, 5.74) is 0. The largest absolute Gasteiger partial charge is 0.494 e. The van der Waals surface area contributed by atoms with E-state index in [0.717, 1.165) is 0 Å². The fraction of sp³-hybridized carbons (Fsp3) is 0.385. The van der Waals surface area contributed by atoms with Crippen LogP contribution in [0.15, 0.2) is 49.0 Å². The van der Waals surface area contributed by atoms with E-state index in [0.29, 0.717) is 11.8 Å². The van der Waals surface area contributed by atoms with Crippen molar-refractivity contribution in [2.45, 2.75) is 18.6 Å². The standard InChI is InChI=1S/C13H14O2/c1-3-7-14-12(5-1)10-9-11(10)13-6-2-4-8-15-13/h1-8,10-13H,9H2. The number of rotatable bonds is 2. The topological polar surface area (TPSA) is 18.5 Å². The molecule has 2 nitrogen and oxygen atoms in total. The maximum absolute atomic E-state index is 5.56. The predicted molar refractivity (Wildman–Crippen MR) is 57.9 cm³/mol. The molecule has 1 saturated carbocycles. The third-order valence-corrected chi connectivity index (χ3v) is 3.19. The van der Waals surface area contributed by atoms with Crippen LogP contribution < -0.4 is 0 Å². The molecule has 0 spiro atoms. The Bertz CT molecular complexity index is 318. The van der Waals surface area contributed by atoms with Crippen molar-refractivity contribution in [2.24, 2.45) is 11.8 Å². The van der Waals surface area contributed by atoms with Gasteiger partial charge in [0.25, 0.3) is 0 Å². The van der Waals surface area contributed by atoms with Crippen molar-refractivity contribution in [1.29, 1.82) is 0 Å². The monoisotopic (exact) mass is 202 g/mol. The molecule has 2 aliphatic heterocycles. The van der Waals surface area contributed by atoms with Gasteiger partial charge in [-0.15, -0.1) is 0 Å². The van der Waals surface area contributed by atoms with Gasteiger partial charge >= 0.3 is 0 Å². The van der Waals surface area contributed by atoms with Crippen LogP contribution >= 0.6 is 0 Å². The second kappa shape index (κ2) is 3.61. The molecule has 1 fully saturated rings. The fourth-order valence-corrected chi connectivity index (χ4v) is 2.28. The van der Waals surface area contributed by atoms with Crippen molar-refractivity contribution in [1.82, 2.24) is 0 Å². The van der Waals surface area contributed by atoms with Gasteiger partial charge in [-0.25, -0.2) is 0 Å². The smallest absolute Gasteiger partial charge is 0.119 e. The molecule has 15 heavy (non-hydrogen) atoms. The number of hydrogen-bond acceptors (Lipinski definition) is 2. The molecule has 4 atom stereocenters. The van der Waals surface area contributed by atoms with Gasteiger partial charge in [0.05, 0.1) is 12.5 Å². The van der Waals surface area contributed by atoms with Crippen molar-refractivity contribution in [2.75, 3.05) is 0 Å². The maximum atomic E-state index is 5.56. The Morgan fingerprint density at radius 2 is 1.27 bits per heavy atom. The first-order chi connectivity index (χ1) is 7.45. The van der Waals surface area contributed by atoms with E-state index >= 15 is 0 Å². The molecule has 0 aromatic carbocycles. The Hall–Kier alpha value is -1.44. The normalized spacial score (nSPS) is 41.1.